The standard InChI is InChI=1S/C12H18N4O2/c1-8-2-4-9(5-3-8)18-11-7-14-10(6-15-11)12(13)16-17/h6-9,17H,2-5H2,1H3,(H2,13,16). The lowest BCUT2D eigenvalue weighted by Gasteiger charge is -2.26. The van der Waals surface area contributed by atoms with Gasteiger partial charge in [0.2, 0.25) is 5.88 Å². The van der Waals surface area contributed by atoms with E-state index in [2.05, 4.69) is 22.0 Å². The van der Waals surface area contributed by atoms with Gasteiger partial charge < -0.3 is 15.7 Å². The fraction of sp³-hybridized carbons (Fsp3) is 0.583. The van der Waals surface area contributed by atoms with E-state index in [1.165, 1.54) is 25.2 Å². The van der Waals surface area contributed by atoms with Gasteiger partial charge >= 0.3 is 0 Å². The van der Waals surface area contributed by atoms with Crippen LogP contribution in [0.3, 0.4) is 0 Å². The van der Waals surface area contributed by atoms with Crippen molar-refractivity contribution in [2.45, 2.75) is 38.7 Å². The Morgan fingerprint density at radius 3 is 2.61 bits per heavy atom. The molecule has 0 amide bonds. The normalized spacial score (nSPS) is 24.8. The van der Waals surface area contributed by atoms with E-state index < -0.39 is 0 Å². The van der Waals surface area contributed by atoms with Gasteiger partial charge in [-0.15, -0.1) is 0 Å². The minimum atomic E-state index is -0.0551. The average Bonchev–Trinajstić information content (AvgIpc) is 2.41. The minimum absolute atomic E-state index is 0.0551. The van der Waals surface area contributed by atoms with Gasteiger partial charge in [-0.05, 0) is 31.6 Å². The van der Waals surface area contributed by atoms with Gasteiger partial charge in [-0.25, -0.2) is 9.97 Å². The van der Waals surface area contributed by atoms with Crippen molar-refractivity contribution in [1.29, 1.82) is 0 Å². The molecule has 1 fully saturated rings. The quantitative estimate of drug-likeness (QED) is 0.367. The molecule has 0 unspecified atom stereocenters. The number of amidine groups is 1. The molecule has 0 aromatic carbocycles. The summed E-state index contributed by atoms with van der Waals surface area (Å²) in [5, 5.41) is 11.4. The molecule has 6 nitrogen and oxygen atoms in total. The van der Waals surface area contributed by atoms with Gasteiger partial charge in [-0.2, -0.15) is 0 Å². The van der Waals surface area contributed by atoms with Crippen LogP contribution < -0.4 is 10.5 Å². The maximum atomic E-state index is 8.51. The molecule has 3 N–H and O–H groups in total. The highest BCUT2D eigenvalue weighted by Crippen LogP contribution is 2.26. The molecule has 0 atom stereocenters. The van der Waals surface area contributed by atoms with Crippen LogP contribution in [0.1, 0.15) is 38.3 Å². The summed E-state index contributed by atoms with van der Waals surface area (Å²) in [5.41, 5.74) is 5.74. The van der Waals surface area contributed by atoms with Gasteiger partial charge in [0.05, 0.1) is 12.4 Å². The summed E-state index contributed by atoms with van der Waals surface area (Å²) in [5.74, 6) is 1.23. The lowest BCUT2D eigenvalue weighted by molar-refractivity contribution is 0.129. The third-order valence-electron chi connectivity index (χ3n) is 3.25. The fourth-order valence-corrected chi connectivity index (χ4v) is 2.08. The number of aromatic nitrogens is 2. The molecule has 0 spiro atoms. The summed E-state index contributed by atoms with van der Waals surface area (Å²) in [6.45, 7) is 2.27. The molecular weight excluding hydrogens is 232 g/mol. The van der Waals surface area contributed by atoms with Crippen molar-refractivity contribution in [3.05, 3.63) is 18.1 Å². The van der Waals surface area contributed by atoms with Gasteiger partial charge in [0.1, 0.15) is 11.8 Å². The lowest BCUT2D eigenvalue weighted by Crippen LogP contribution is -2.23. The van der Waals surface area contributed by atoms with Crippen molar-refractivity contribution in [1.82, 2.24) is 9.97 Å². The van der Waals surface area contributed by atoms with Crippen molar-refractivity contribution >= 4 is 5.84 Å². The Bertz CT molecular complexity index is 411. The van der Waals surface area contributed by atoms with E-state index in [9.17, 15) is 0 Å². The first kappa shape index (κ1) is 12.6. The molecular formula is C12H18N4O2. The highest BCUT2D eigenvalue weighted by molar-refractivity contribution is 5.94. The Labute approximate surface area is 106 Å². The number of nitrogens with zero attached hydrogens (tertiary/aromatic N) is 3. The number of rotatable bonds is 3. The van der Waals surface area contributed by atoms with Crippen molar-refractivity contribution in [3.8, 4) is 5.88 Å². The predicted molar refractivity (Wildman–Crippen MR) is 66.6 cm³/mol. The van der Waals surface area contributed by atoms with Crippen molar-refractivity contribution in [2.75, 3.05) is 0 Å². The zero-order valence-electron chi connectivity index (χ0n) is 10.4. The zero-order chi connectivity index (χ0) is 13.0. The molecule has 1 aliphatic rings. The van der Waals surface area contributed by atoms with E-state index in [0.29, 0.717) is 11.6 Å². The van der Waals surface area contributed by atoms with Crippen LogP contribution in [0.15, 0.2) is 17.5 Å². The van der Waals surface area contributed by atoms with Crippen LogP contribution in [-0.2, 0) is 0 Å². The Morgan fingerprint density at radius 2 is 2.06 bits per heavy atom. The molecule has 18 heavy (non-hydrogen) atoms. The Morgan fingerprint density at radius 1 is 1.33 bits per heavy atom. The summed E-state index contributed by atoms with van der Waals surface area (Å²) < 4.78 is 5.76. The van der Waals surface area contributed by atoms with Crippen LogP contribution in [0.25, 0.3) is 0 Å². The minimum Gasteiger partial charge on any atom is -0.473 e. The smallest absolute Gasteiger partial charge is 0.232 e. The summed E-state index contributed by atoms with van der Waals surface area (Å²) >= 11 is 0. The molecule has 0 saturated heterocycles. The van der Waals surface area contributed by atoms with Crippen LogP contribution in [0.4, 0.5) is 0 Å². The molecule has 6 heteroatoms. The average molecular weight is 250 g/mol. The Hall–Kier alpha value is -1.85. The number of oxime groups is 1. The molecule has 0 radical (unpaired) electrons. The molecule has 1 saturated carbocycles. The Kier molecular flexibility index (Phi) is 3.96. The second-order valence-electron chi connectivity index (χ2n) is 4.72. The fourth-order valence-electron chi connectivity index (χ4n) is 2.08. The largest absolute Gasteiger partial charge is 0.473 e. The van der Waals surface area contributed by atoms with E-state index in [-0.39, 0.29) is 11.9 Å². The number of hydrogen-bond donors (Lipinski definition) is 2. The number of ether oxygens (including phenoxy) is 1. The molecule has 0 bridgehead atoms. The monoisotopic (exact) mass is 250 g/mol. The number of hydrogen-bond acceptors (Lipinski definition) is 5. The molecule has 1 aromatic heterocycles. The van der Waals surface area contributed by atoms with Crippen LogP contribution in [-0.4, -0.2) is 27.1 Å². The van der Waals surface area contributed by atoms with Gasteiger partial charge in [0, 0.05) is 0 Å². The summed E-state index contributed by atoms with van der Waals surface area (Å²) in [6.07, 6.45) is 7.68. The van der Waals surface area contributed by atoms with E-state index in [0.717, 1.165) is 18.8 Å². The molecule has 0 aliphatic heterocycles. The van der Waals surface area contributed by atoms with E-state index in [4.69, 9.17) is 15.7 Å². The molecule has 98 valence electrons. The Balaban J connectivity index is 1.94. The molecule has 1 aliphatic carbocycles. The van der Waals surface area contributed by atoms with Crippen LogP contribution >= 0.6 is 0 Å². The summed E-state index contributed by atoms with van der Waals surface area (Å²) in [4.78, 5) is 8.13. The zero-order valence-corrected chi connectivity index (χ0v) is 10.4. The highest BCUT2D eigenvalue weighted by atomic mass is 16.5. The van der Waals surface area contributed by atoms with Gasteiger partial charge in [-0.1, -0.05) is 12.1 Å². The van der Waals surface area contributed by atoms with Crippen LogP contribution in [0.2, 0.25) is 0 Å². The van der Waals surface area contributed by atoms with Gasteiger partial charge in [-0.3, -0.25) is 0 Å². The van der Waals surface area contributed by atoms with Crippen molar-refractivity contribution in [2.24, 2.45) is 16.8 Å². The molecule has 1 heterocycles. The third-order valence-corrected chi connectivity index (χ3v) is 3.25. The SMILES string of the molecule is CC1CCC(Oc2cnc(C(N)=NO)cn2)CC1. The van der Waals surface area contributed by atoms with Crippen molar-refractivity contribution < 1.29 is 9.94 Å². The van der Waals surface area contributed by atoms with Crippen molar-refractivity contribution in [3.63, 3.8) is 0 Å². The maximum Gasteiger partial charge on any atom is 0.232 e. The molecule has 2 rings (SSSR count). The summed E-state index contributed by atoms with van der Waals surface area (Å²) in [6, 6.07) is 0. The molecule has 1 aromatic rings. The topological polar surface area (TPSA) is 93.6 Å². The van der Waals surface area contributed by atoms with E-state index >= 15 is 0 Å². The van der Waals surface area contributed by atoms with Crippen LogP contribution in [0.5, 0.6) is 5.88 Å². The second-order valence-corrected chi connectivity index (χ2v) is 4.72. The highest BCUT2D eigenvalue weighted by Gasteiger charge is 2.20. The van der Waals surface area contributed by atoms with E-state index in [1.54, 1.807) is 0 Å². The van der Waals surface area contributed by atoms with Crippen LogP contribution in [0, 0.1) is 5.92 Å². The second kappa shape index (κ2) is 5.66. The third kappa shape index (κ3) is 3.09. The first-order valence-electron chi connectivity index (χ1n) is 6.15. The maximum absolute atomic E-state index is 8.51. The van der Waals surface area contributed by atoms with Gasteiger partial charge in [0.25, 0.3) is 0 Å². The summed E-state index contributed by atoms with van der Waals surface area (Å²) in [7, 11) is 0. The number of nitrogens with two attached hydrogens (primary N) is 1. The van der Waals surface area contributed by atoms with Gasteiger partial charge in [0.15, 0.2) is 5.84 Å². The first-order valence-corrected chi connectivity index (χ1v) is 6.15. The predicted octanol–water partition coefficient (Wildman–Crippen LogP) is 1.53. The van der Waals surface area contributed by atoms with E-state index in [1.807, 2.05) is 0 Å². The first-order chi connectivity index (χ1) is 8.69. The lowest BCUT2D eigenvalue weighted by atomic mass is 9.89.